The third-order valence-electron chi connectivity index (χ3n) is 4.17. The first-order valence-corrected chi connectivity index (χ1v) is 8.72. The topological polar surface area (TPSA) is 61.4 Å². The molecule has 0 saturated carbocycles. The second kappa shape index (κ2) is 10.1. The molecule has 0 aliphatic heterocycles. The Morgan fingerprint density at radius 3 is 2.17 bits per heavy atom. The van der Waals surface area contributed by atoms with Gasteiger partial charge in [0.15, 0.2) is 0 Å². The molecule has 2 amide bonds. The van der Waals surface area contributed by atoms with Crippen molar-refractivity contribution in [2.75, 3.05) is 13.1 Å². The van der Waals surface area contributed by atoms with E-state index in [0.29, 0.717) is 6.54 Å². The van der Waals surface area contributed by atoms with Crippen molar-refractivity contribution in [3.63, 3.8) is 0 Å². The molecular weight excluding hydrogens is 302 g/mol. The van der Waals surface area contributed by atoms with E-state index in [1.165, 1.54) is 12.5 Å². The van der Waals surface area contributed by atoms with Crippen LogP contribution in [0.2, 0.25) is 0 Å². The fourth-order valence-corrected chi connectivity index (χ4v) is 2.62. The summed E-state index contributed by atoms with van der Waals surface area (Å²) in [6, 6.07) is 7.66. The molecule has 1 unspecified atom stereocenters. The summed E-state index contributed by atoms with van der Waals surface area (Å²) in [4.78, 5) is 26.0. The second-order valence-electron chi connectivity index (χ2n) is 6.37. The van der Waals surface area contributed by atoms with E-state index >= 15 is 0 Å². The molecule has 1 aromatic rings. The molecule has 0 aliphatic carbocycles. The van der Waals surface area contributed by atoms with E-state index in [4.69, 9.17) is 0 Å². The first-order chi connectivity index (χ1) is 11.4. The summed E-state index contributed by atoms with van der Waals surface area (Å²) in [5, 5.41) is 5.68. The molecule has 5 heteroatoms. The average Bonchev–Trinajstić information content (AvgIpc) is 2.55. The van der Waals surface area contributed by atoms with Gasteiger partial charge in [0, 0.05) is 20.0 Å². The third kappa shape index (κ3) is 6.32. The van der Waals surface area contributed by atoms with Gasteiger partial charge in [0.05, 0.1) is 0 Å². The molecule has 1 rings (SSSR count). The quantitative estimate of drug-likeness (QED) is 0.729. The largest absolute Gasteiger partial charge is 0.350 e. The van der Waals surface area contributed by atoms with Crippen LogP contribution in [0.25, 0.3) is 0 Å². The Kier molecular flexibility index (Phi) is 8.47. The maximum atomic E-state index is 12.4. The lowest BCUT2D eigenvalue weighted by Crippen LogP contribution is -2.48. The highest BCUT2D eigenvalue weighted by atomic mass is 16.2. The molecule has 134 valence electrons. The van der Waals surface area contributed by atoms with Crippen molar-refractivity contribution >= 4 is 11.8 Å². The van der Waals surface area contributed by atoms with Crippen molar-refractivity contribution in [2.24, 2.45) is 5.92 Å². The van der Waals surface area contributed by atoms with Gasteiger partial charge >= 0.3 is 0 Å². The summed E-state index contributed by atoms with van der Waals surface area (Å²) in [6.45, 7) is 12.9. The van der Waals surface area contributed by atoms with Gasteiger partial charge in [-0.05, 0) is 30.1 Å². The Labute approximate surface area is 145 Å². The molecule has 0 heterocycles. The van der Waals surface area contributed by atoms with E-state index in [-0.39, 0.29) is 17.7 Å². The van der Waals surface area contributed by atoms with Gasteiger partial charge in [-0.1, -0.05) is 52.0 Å². The lowest BCUT2D eigenvalue weighted by Gasteiger charge is -2.22. The monoisotopic (exact) mass is 333 g/mol. The number of nitrogens with zero attached hydrogens (tertiary/aromatic N) is 1. The normalized spacial score (nSPS) is 12.3. The SMILES string of the molecule is CCN(CC)Cc1ccccc1CNC(=O)C(NC(C)=O)C(C)C. The van der Waals surface area contributed by atoms with Crippen LogP contribution in [-0.2, 0) is 22.7 Å². The maximum Gasteiger partial charge on any atom is 0.243 e. The molecule has 0 saturated heterocycles. The average molecular weight is 333 g/mol. The zero-order valence-corrected chi connectivity index (χ0v) is 15.6. The van der Waals surface area contributed by atoms with Gasteiger partial charge in [-0.2, -0.15) is 0 Å². The Morgan fingerprint density at radius 2 is 1.67 bits per heavy atom. The number of hydrogen-bond acceptors (Lipinski definition) is 3. The smallest absolute Gasteiger partial charge is 0.243 e. The Bertz CT molecular complexity index is 539. The molecule has 1 aromatic carbocycles. The number of amides is 2. The van der Waals surface area contributed by atoms with E-state index in [1.54, 1.807) is 0 Å². The second-order valence-corrected chi connectivity index (χ2v) is 6.37. The summed E-state index contributed by atoms with van der Waals surface area (Å²) in [7, 11) is 0. The Balaban J connectivity index is 2.75. The Hall–Kier alpha value is -1.88. The predicted molar refractivity (Wildman–Crippen MR) is 97.4 cm³/mol. The summed E-state index contributed by atoms with van der Waals surface area (Å²) < 4.78 is 0. The van der Waals surface area contributed by atoms with Crippen LogP contribution in [-0.4, -0.2) is 35.8 Å². The fraction of sp³-hybridized carbons (Fsp3) is 0.579. The van der Waals surface area contributed by atoms with Crippen LogP contribution in [0.3, 0.4) is 0 Å². The molecule has 0 spiro atoms. The highest BCUT2D eigenvalue weighted by Gasteiger charge is 2.22. The number of carbonyl (C=O) groups excluding carboxylic acids is 2. The standard InChI is InChI=1S/C19H31N3O2/c1-6-22(7-2)13-17-11-9-8-10-16(17)12-20-19(24)18(14(3)4)21-15(5)23/h8-11,14,18H,6-7,12-13H2,1-5H3,(H,20,24)(H,21,23). The first kappa shape index (κ1) is 20.2. The lowest BCUT2D eigenvalue weighted by molar-refractivity contribution is -0.129. The van der Waals surface area contributed by atoms with Crippen LogP contribution in [0, 0.1) is 5.92 Å². The molecule has 2 N–H and O–H groups in total. The molecule has 1 atom stereocenters. The van der Waals surface area contributed by atoms with Crippen molar-refractivity contribution in [1.82, 2.24) is 15.5 Å². The zero-order chi connectivity index (χ0) is 18.1. The number of nitrogens with one attached hydrogen (secondary N) is 2. The number of benzene rings is 1. The molecular formula is C19H31N3O2. The number of hydrogen-bond donors (Lipinski definition) is 2. The van der Waals surface area contributed by atoms with E-state index in [1.807, 2.05) is 32.0 Å². The molecule has 0 aromatic heterocycles. The highest BCUT2D eigenvalue weighted by molar-refractivity contribution is 5.87. The predicted octanol–water partition coefficient (Wildman–Crippen LogP) is 2.31. The molecule has 24 heavy (non-hydrogen) atoms. The van der Waals surface area contributed by atoms with Gasteiger partial charge in [0.2, 0.25) is 11.8 Å². The number of rotatable bonds is 9. The van der Waals surface area contributed by atoms with Crippen LogP contribution in [0.15, 0.2) is 24.3 Å². The van der Waals surface area contributed by atoms with Crippen molar-refractivity contribution in [1.29, 1.82) is 0 Å². The van der Waals surface area contributed by atoms with Crippen molar-refractivity contribution < 1.29 is 9.59 Å². The van der Waals surface area contributed by atoms with Gasteiger partial charge in [-0.25, -0.2) is 0 Å². The highest BCUT2D eigenvalue weighted by Crippen LogP contribution is 2.12. The van der Waals surface area contributed by atoms with Gasteiger partial charge in [0.25, 0.3) is 0 Å². The molecule has 0 aliphatic rings. The first-order valence-electron chi connectivity index (χ1n) is 8.72. The molecule has 0 bridgehead atoms. The molecule has 0 radical (unpaired) electrons. The maximum absolute atomic E-state index is 12.4. The Morgan fingerprint density at radius 1 is 1.08 bits per heavy atom. The summed E-state index contributed by atoms with van der Waals surface area (Å²) in [6.07, 6.45) is 0. The van der Waals surface area contributed by atoms with Crippen LogP contribution in [0.4, 0.5) is 0 Å². The van der Waals surface area contributed by atoms with Gasteiger partial charge in [-0.3, -0.25) is 14.5 Å². The van der Waals surface area contributed by atoms with E-state index < -0.39 is 6.04 Å². The lowest BCUT2D eigenvalue weighted by atomic mass is 10.0. The molecule has 0 fully saturated rings. The van der Waals surface area contributed by atoms with Crippen molar-refractivity contribution in [3.8, 4) is 0 Å². The van der Waals surface area contributed by atoms with Crippen LogP contribution >= 0.6 is 0 Å². The molecule has 5 nitrogen and oxygen atoms in total. The minimum atomic E-state index is -0.502. The van der Waals surface area contributed by atoms with E-state index in [0.717, 1.165) is 25.2 Å². The minimum Gasteiger partial charge on any atom is -0.350 e. The number of carbonyl (C=O) groups is 2. The van der Waals surface area contributed by atoms with E-state index in [2.05, 4.69) is 35.4 Å². The van der Waals surface area contributed by atoms with Crippen LogP contribution < -0.4 is 10.6 Å². The zero-order valence-electron chi connectivity index (χ0n) is 15.6. The van der Waals surface area contributed by atoms with Crippen LogP contribution in [0.1, 0.15) is 45.7 Å². The third-order valence-corrected chi connectivity index (χ3v) is 4.17. The summed E-state index contributed by atoms with van der Waals surface area (Å²) in [5.41, 5.74) is 2.34. The van der Waals surface area contributed by atoms with Gasteiger partial charge in [-0.15, -0.1) is 0 Å². The van der Waals surface area contributed by atoms with E-state index in [9.17, 15) is 9.59 Å². The van der Waals surface area contributed by atoms with Crippen molar-refractivity contribution in [2.45, 2.75) is 53.8 Å². The summed E-state index contributed by atoms with van der Waals surface area (Å²) in [5.74, 6) is -0.288. The summed E-state index contributed by atoms with van der Waals surface area (Å²) >= 11 is 0. The fourth-order valence-electron chi connectivity index (χ4n) is 2.62. The van der Waals surface area contributed by atoms with Gasteiger partial charge in [0.1, 0.15) is 6.04 Å². The van der Waals surface area contributed by atoms with Crippen LogP contribution in [0.5, 0.6) is 0 Å². The van der Waals surface area contributed by atoms with Gasteiger partial charge < -0.3 is 10.6 Å². The minimum absolute atomic E-state index is 0.0415. The van der Waals surface area contributed by atoms with Crippen molar-refractivity contribution in [3.05, 3.63) is 35.4 Å².